The summed E-state index contributed by atoms with van der Waals surface area (Å²) in [5, 5.41) is 7.19. The lowest BCUT2D eigenvalue weighted by molar-refractivity contribution is -0.683. The number of nitrogens with zero attached hydrogens (tertiary/aromatic N) is 1. The van der Waals surface area contributed by atoms with E-state index in [0.717, 1.165) is 17.2 Å². The Bertz CT molecular complexity index is 668. The number of amides is 3. The molecule has 2 N–H and O–H groups in total. The lowest BCUT2D eigenvalue weighted by Gasteiger charge is -2.07. The first-order chi connectivity index (χ1) is 10.5. The molecule has 0 unspecified atom stereocenters. The molecular weight excluding hydrogens is 278 g/mol. The van der Waals surface area contributed by atoms with Crippen molar-refractivity contribution in [1.29, 1.82) is 0 Å². The molecule has 1 aromatic heterocycles. The van der Waals surface area contributed by atoms with Crippen LogP contribution in [0, 0.1) is 5.92 Å². The van der Waals surface area contributed by atoms with Crippen molar-refractivity contribution in [2.24, 2.45) is 5.92 Å². The Labute approximate surface area is 130 Å². The van der Waals surface area contributed by atoms with E-state index in [9.17, 15) is 9.59 Å². The lowest BCUT2D eigenvalue weighted by Crippen LogP contribution is -2.47. The topological polar surface area (TPSA) is 62.1 Å². The number of urea groups is 1. The summed E-state index contributed by atoms with van der Waals surface area (Å²) in [6.45, 7) is 4.85. The molecule has 0 radical (unpaired) electrons. The zero-order valence-corrected chi connectivity index (χ0v) is 13.0. The first-order valence-corrected chi connectivity index (χ1v) is 7.50. The van der Waals surface area contributed by atoms with Crippen molar-refractivity contribution in [2.75, 3.05) is 6.54 Å². The minimum Gasteiger partial charge on any atom is -0.338 e. The standard InChI is InChI=1S/C17H21N3O2/c1-13(2)7-9-18-17(22)19-16(21)12-20-10-8-14-5-3-4-6-15(14)11-20/h3-6,8,10-11,13H,7,9,12H2,1-2H3,(H-,18,19,21,22)/p+1. The van der Waals surface area contributed by atoms with Gasteiger partial charge in [-0.3, -0.25) is 10.1 Å². The highest BCUT2D eigenvalue weighted by atomic mass is 16.2. The van der Waals surface area contributed by atoms with E-state index < -0.39 is 6.03 Å². The first kappa shape index (κ1) is 15.9. The van der Waals surface area contributed by atoms with Gasteiger partial charge in [-0.25, -0.2) is 4.79 Å². The summed E-state index contributed by atoms with van der Waals surface area (Å²) < 4.78 is 1.76. The molecule has 22 heavy (non-hydrogen) atoms. The Morgan fingerprint density at radius 3 is 2.59 bits per heavy atom. The highest BCUT2D eigenvalue weighted by molar-refractivity contribution is 5.93. The molecule has 0 fully saturated rings. The molecule has 5 heteroatoms. The number of nitrogens with one attached hydrogen (secondary N) is 2. The van der Waals surface area contributed by atoms with Crippen LogP contribution in [0.4, 0.5) is 4.79 Å². The van der Waals surface area contributed by atoms with Crippen LogP contribution < -0.4 is 15.2 Å². The molecule has 1 heterocycles. The fourth-order valence-electron chi connectivity index (χ4n) is 2.13. The van der Waals surface area contributed by atoms with E-state index in [2.05, 4.69) is 24.5 Å². The molecule has 2 rings (SSSR count). The number of rotatable bonds is 5. The van der Waals surface area contributed by atoms with Crippen LogP contribution in [0.25, 0.3) is 10.8 Å². The van der Waals surface area contributed by atoms with Gasteiger partial charge >= 0.3 is 6.03 Å². The van der Waals surface area contributed by atoms with E-state index >= 15 is 0 Å². The van der Waals surface area contributed by atoms with Crippen molar-refractivity contribution < 1.29 is 14.2 Å². The van der Waals surface area contributed by atoms with Crippen molar-refractivity contribution in [1.82, 2.24) is 10.6 Å². The number of carbonyl (C=O) groups is 2. The molecule has 1 aromatic carbocycles. The van der Waals surface area contributed by atoms with Gasteiger partial charge in [0.15, 0.2) is 12.4 Å². The Morgan fingerprint density at radius 1 is 1.14 bits per heavy atom. The number of aromatic nitrogens is 1. The fraction of sp³-hybridized carbons (Fsp3) is 0.353. The molecule has 5 nitrogen and oxygen atoms in total. The summed E-state index contributed by atoms with van der Waals surface area (Å²) in [6, 6.07) is 9.44. The van der Waals surface area contributed by atoms with E-state index in [1.54, 1.807) is 4.57 Å². The highest BCUT2D eigenvalue weighted by Crippen LogP contribution is 2.09. The molecule has 0 atom stereocenters. The maximum Gasteiger partial charge on any atom is 0.321 e. The normalized spacial score (nSPS) is 10.7. The molecular formula is C17H22N3O2+. The minimum atomic E-state index is -0.438. The van der Waals surface area contributed by atoms with E-state index in [-0.39, 0.29) is 12.5 Å². The van der Waals surface area contributed by atoms with Crippen LogP contribution in [0.5, 0.6) is 0 Å². The minimum absolute atomic E-state index is 0.114. The van der Waals surface area contributed by atoms with Crippen LogP contribution in [0.2, 0.25) is 0 Å². The van der Waals surface area contributed by atoms with Gasteiger partial charge in [0.25, 0.3) is 5.91 Å². The summed E-state index contributed by atoms with van der Waals surface area (Å²) in [5.41, 5.74) is 0. The number of pyridine rings is 1. The van der Waals surface area contributed by atoms with Crippen LogP contribution in [-0.2, 0) is 11.3 Å². The number of benzene rings is 1. The smallest absolute Gasteiger partial charge is 0.321 e. The van der Waals surface area contributed by atoms with Gasteiger partial charge in [-0.2, -0.15) is 4.57 Å². The van der Waals surface area contributed by atoms with Crippen molar-refractivity contribution in [3.63, 3.8) is 0 Å². The van der Waals surface area contributed by atoms with E-state index in [4.69, 9.17) is 0 Å². The zero-order chi connectivity index (χ0) is 15.9. The number of carbonyl (C=O) groups excluding carboxylic acids is 2. The second-order valence-corrected chi connectivity index (χ2v) is 5.73. The second kappa shape index (κ2) is 7.54. The highest BCUT2D eigenvalue weighted by Gasteiger charge is 2.13. The second-order valence-electron chi connectivity index (χ2n) is 5.73. The number of fused-ring (bicyclic) bond motifs is 1. The third-order valence-electron chi connectivity index (χ3n) is 3.33. The molecule has 0 saturated heterocycles. The van der Waals surface area contributed by atoms with Gasteiger partial charge in [0.05, 0.1) is 0 Å². The average molecular weight is 300 g/mol. The summed E-state index contributed by atoms with van der Waals surface area (Å²) in [6.07, 6.45) is 4.62. The van der Waals surface area contributed by atoms with Gasteiger partial charge in [0.1, 0.15) is 0 Å². The molecule has 116 valence electrons. The monoisotopic (exact) mass is 300 g/mol. The van der Waals surface area contributed by atoms with Crippen molar-refractivity contribution in [3.05, 3.63) is 42.7 Å². The van der Waals surface area contributed by atoms with Gasteiger partial charge in [-0.05, 0) is 23.8 Å². The SMILES string of the molecule is CC(C)CCNC(=O)NC(=O)C[n+]1ccc2ccccc2c1. The van der Waals surface area contributed by atoms with Gasteiger partial charge < -0.3 is 5.32 Å². The Hall–Kier alpha value is -2.43. The van der Waals surface area contributed by atoms with Gasteiger partial charge in [-0.15, -0.1) is 0 Å². The molecule has 0 bridgehead atoms. The predicted octanol–water partition coefficient (Wildman–Crippen LogP) is 2.00. The summed E-state index contributed by atoms with van der Waals surface area (Å²) in [4.78, 5) is 23.4. The fourth-order valence-corrected chi connectivity index (χ4v) is 2.13. The number of hydrogen-bond acceptors (Lipinski definition) is 2. The maximum atomic E-state index is 11.9. The van der Waals surface area contributed by atoms with Gasteiger partial charge in [0.2, 0.25) is 6.54 Å². The van der Waals surface area contributed by atoms with Crippen LogP contribution in [0.15, 0.2) is 42.7 Å². The van der Waals surface area contributed by atoms with E-state index in [1.165, 1.54) is 0 Å². The molecule has 0 aliphatic carbocycles. The molecule has 0 aliphatic rings. The van der Waals surface area contributed by atoms with Gasteiger partial charge in [-0.1, -0.05) is 32.0 Å². The average Bonchev–Trinajstić information content (AvgIpc) is 2.46. The summed E-state index contributed by atoms with van der Waals surface area (Å²) in [5.74, 6) is 0.187. The van der Waals surface area contributed by atoms with E-state index in [1.807, 2.05) is 42.7 Å². The maximum absolute atomic E-state index is 11.9. The largest absolute Gasteiger partial charge is 0.338 e. The summed E-state index contributed by atoms with van der Waals surface area (Å²) in [7, 11) is 0. The number of hydrogen-bond donors (Lipinski definition) is 2. The van der Waals surface area contributed by atoms with Crippen LogP contribution >= 0.6 is 0 Å². The number of imide groups is 1. The van der Waals surface area contributed by atoms with Crippen LogP contribution in [0.1, 0.15) is 20.3 Å². The Morgan fingerprint density at radius 2 is 1.86 bits per heavy atom. The Kier molecular flexibility index (Phi) is 5.47. The molecule has 0 saturated carbocycles. The third-order valence-corrected chi connectivity index (χ3v) is 3.33. The van der Waals surface area contributed by atoms with Crippen LogP contribution in [-0.4, -0.2) is 18.5 Å². The summed E-state index contributed by atoms with van der Waals surface area (Å²) >= 11 is 0. The van der Waals surface area contributed by atoms with Crippen molar-refractivity contribution in [2.45, 2.75) is 26.8 Å². The zero-order valence-electron chi connectivity index (χ0n) is 13.0. The van der Waals surface area contributed by atoms with Gasteiger partial charge in [0, 0.05) is 18.0 Å². The first-order valence-electron chi connectivity index (χ1n) is 7.50. The molecule has 0 spiro atoms. The van der Waals surface area contributed by atoms with Crippen molar-refractivity contribution in [3.8, 4) is 0 Å². The predicted molar refractivity (Wildman–Crippen MR) is 85.1 cm³/mol. The third kappa shape index (κ3) is 4.84. The van der Waals surface area contributed by atoms with Crippen LogP contribution in [0.3, 0.4) is 0 Å². The molecule has 0 aliphatic heterocycles. The lowest BCUT2D eigenvalue weighted by atomic mass is 10.1. The molecule has 3 amide bonds. The molecule has 2 aromatic rings. The van der Waals surface area contributed by atoms with Crippen molar-refractivity contribution >= 4 is 22.7 Å². The van der Waals surface area contributed by atoms with E-state index in [0.29, 0.717) is 12.5 Å². The Balaban J connectivity index is 1.86. The quantitative estimate of drug-likeness (QED) is 0.830.